The van der Waals surface area contributed by atoms with Gasteiger partial charge >= 0.3 is 0 Å². The van der Waals surface area contributed by atoms with E-state index in [4.69, 9.17) is 5.26 Å². The largest absolute Gasteiger partial charge is 0.354 e. The topological polar surface area (TPSA) is 48.7 Å². The van der Waals surface area contributed by atoms with Gasteiger partial charge in [-0.1, -0.05) is 18.2 Å². The Kier molecular flexibility index (Phi) is 2.83. The van der Waals surface area contributed by atoms with Crippen molar-refractivity contribution in [2.24, 2.45) is 0 Å². The Morgan fingerprint density at radius 2 is 1.74 bits per heavy atom. The zero-order valence-corrected chi connectivity index (χ0v) is 10.2. The summed E-state index contributed by atoms with van der Waals surface area (Å²) in [7, 11) is 0. The van der Waals surface area contributed by atoms with E-state index in [1.54, 1.807) is 12.3 Å². The summed E-state index contributed by atoms with van der Waals surface area (Å²) in [6.07, 6.45) is 1.77. The van der Waals surface area contributed by atoms with Crippen molar-refractivity contribution in [2.45, 2.75) is 0 Å². The molecule has 0 bridgehead atoms. The van der Waals surface area contributed by atoms with Crippen LogP contribution in [0.3, 0.4) is 0 Å². The highest BCUT2D eigenvalue weighted by molar-refractivity contribution is 5.93. The van der Waals surface area contributed by atoms with Crippen LogP contribution in [-0.2, 0) is 0 Å². The molecule has 90 valence electrons. The third-order valence-electron chi connectivity index (χ3n) is 2.96. The van der Waals surface area contributed by atoms with Crippen LogP contribution < -0.4 is 5.32 Å². The van der Waals surface area contributed by atoms with Gasteiger partial charge in [0, 0.05) is 17.3 Å². The van der Waals surface area contributed by atoms with E-state index in [0.717, 1.165) is 22.3 Å². The molecule has 0 aliphatic carbocycles. The lowest BCUT2D eigenvalue weighted by Gasteiger charge is -2.10. The zero-order chi connectivity index (χ0) is 13.1. The summed E-state index contributed by atoms with van der Waals surface area (Å²) >= 11 is 0. The number of anilines is 2. The molecular formula is C16H11N3. The minimum Gasteiger partial charge on any atom is -0.354 e. The molecule has 0 aliphatic rings. The van der Waals surface area contributed by atoms with Gasteiger partial charge in [0.15, 0.2) is 0 Å². The van der Waals surface area contributed by atoms with Crippen LogP contribution in [0.5, 0.6) is 0 Å². The first-order valence-corrected chi connectivity index (χ1v) is 5.98. The predicted octanol–water partition coefficient (Wildman–Crippen LogP) is 3.85. The van der Waals surface area contributed by atoms with Gasteiger partial charge in [-0.05, 0) is 36.4 Å². The third-order valence-corrected chi connectivity index (χ3v) is 2.96. The predicted molar refractivity (Wildman–Crippen MR) is 76.2 cm³/mol. The number of fused-ring (bicyclic) bond motifs is 1. The quantitative estimate of drug-likeness (QED) is 0.746. The van der Waals surface area contributed by atoms with Crippen LogP contribution >= 0.6 is 0 Å². The van der Waals surface area contributed by atoms with Gasteiger partial charge in [0.2, 0.25) is 0 Å². The molecule has 0 saturated heterocycles. The molecule has 0 atom stereocenters. The van der Waals surface area contributed by atoms with E-state index in [9.17, 15) is 0 Å². The number of nitriles is 1. The second-order valence-corrected chi connectivity index (χ2v) is 4.16. The Balaban J connectivity index is 2.09. The van der Waals surface area contributed by atoms with Gasteiger partial charge in [0.25, 0.3) is 0 Å². The molecule has 3 heteroatoms. The monoisotopic (exact) mass is 245 g/mol. The minimum atomic E-state index is 0.628. The molecular weight excluding hydrogens is 234 g/mol. The van der Waals surface area contributed by atoms with Gasteiger partial charge in [0.05, 0.1) is 16.8 Å². The number of pyridine rings is 1. The summed E-state index contributed by atoms with van der Waals surface area (Å²) in [5.74, 6) is 0. The maximum absolute atomic E-state index is 9.11. The van der Waals surface area contributed by atoms with Gasteiger partial charge in [-0.3, -0.25) is 4.98 Å². The lowest BCUT2D eigenvalue weighted by Crippen LogP contribution is -1.94. The molecule has 2 aromatic carbocycles. The molecule has 0 amide bonds. The molecule has 0 spiro atoms. The summed E-state index contributed by atoms with van der Waals surface area (Å²) in [5.41, 5.74) is 3.32. The fourth-order valence-corrected chi connectivity index (χ4v) is 2.05. The molecule has 1 heterocycles. The summed E-state index contributed by atoms with van der Waals surface area (Å²) in [6.45, 7) is 0. The lowest BCUT2D eigenvalue weighted by molar-refractivity contribution is 1.41. The summed E-state index contributed by atoms with van der Waals surface area (Å²) in [6, 6.07) is 19.5. The highest BCUT2D eigenvalue weighted by Crippen LogP contribution is 2.26. The normalized spacial score (nSPS) is 10.1. The first-order chi connectivity index (χ1) is 9.38. The number of nitrogens with zero attached hydrogens (tertiary/aromatic N) is 2. The second-order valence-electron chi connectivity index (χ2n) is 4.16. The number of hydrogen-bond donors (Lipinski definition) is 1. The maximum Gasteiger partial charge on any atom is 0.101 e. The fourth-order valence-electron chi connectivity index (χ4n) is 2.05. The maximum atomic E-state index is 9.11. The van der Waals surface area contributed by atoms with Crippen LogP contribution in [0.2, 0.25) is 0 Å². The van der Waals surface area contributed by atoms with Crippen molar-refractivity contribution in [3.05, 3.63) is 66.4 Å². The summed E-state index contributed by atoms with van der Waals surface area (Å²) < 4.78 is 0. The zero-order valence-electron chi connectivity index (χ0n) is 10.2. The molecule has 3 aromatic rings. The van der Waals surface area contributed by atoms with E-state index in [1.165, 1.54) is 0 Å². The van der Waals surface area contributed by atoms with Crippen LogP contribution in [0, 0.1) is 11.3 Å². The van der Waals surface area contributed by atoms with Crippen molar-refractivity contribution in [1.82, 2.24) is 4.98 Å². The number of hydrogen-bond acceptors (Lipinski definition) is 3. The van der Waals surface area contributed by atoms with E-state index in [1.807, 2.05) is 48.5 Å². The van der Waals surface area contributed by atoms with E-state index in [-0.39, 0.29) is 0 Å². The average molecular weight is 245 g/mol. The minimum absolute atomic E-state index is 0.628. The Hall–Kier alpha value is -2.86. The van der Waals surface area contributed by atoms with E-state index >= 15 is 0 Å². The van der Waals surface area contributed by atoms with Crippen molar-refractivity contribution in [3.8, 4) is 6.07 Å². The van der Waals surface area contributed by atoms with E-state index < -0.39 is 0 Å². The third kappa shape index (κ3) is 2.12. The van der Waals surface area contributed by atoms with Crippen LogP contribution in [-0.4, -0.2) is 4.98 Å². The van der Waals surface area contributed by atoms with Crippen molar-refractivity contribution in [1.29, 1.82) is 5.26 Å². The van der Waals surface area contributed by atoms with Crippen molar-refractivity contribution >= 4 is 22.3 Å². The van der Waals surface area contributed by atoms with Gasteiger partial charge < -0.3 is 5.32 Å². The van der Waals surface area contributed by atoms with Gasteiger partial charge in [-0.25, -0.2) is 0 Å². The first-order valence-electron chi connectivity index (χ1n) is 5.98. The molecule has 0 fully saturated rings. The summed E-state index contributed by atoms with van der Waals surface area (Å²) in [4.78, 5) is 4.32. The first kappa shape index (κ1) is 11.2. The SMILES string of the molecule is N#Cc1ccccc1Nc1cccc2ncccc12. The second kappa shape index (κ2) is 4.79. The van der Waals surface area contributed by atoms with E-state index in [2.05, 4.69) is 16.4 Å². The number of aromatic nitrogens is 1. The van der Waals surface area contributed by atoms with Crippen molar-refractivity contribution in [2.75, 3.05) is 5.32 Å². The Labute approximate surface area is 111 Å². The van der Waals surface area contributed by atoms with Gasteiger partial charge in [-0.2, -0.15) is 5.26 Å². The molecule has 0 aliphatic heterocycles. The van der Waals surface area contributed by atoms with Gasteiger partial charge in [-0.15, -0.1) is 0 Å². The van der Waals surface area contributed by atoms with Crippen LogP contribution in [0.4, 0.5) is 11.4 Å². The molecule has 1 N–H and O–H groups in total. The lowest BCUT2D eigenvalue weighted by atomic mass is 10.1. The Bertz CT molecular complexity index is 767. The molecule has 3 rings (SSSR count). The fraction of sp³-hybridized carbons (Fsp3) is 0. The molecule has 1 aromatic heterocycles. The number of rotatable bonds is 2. The van der Waals surface area contributed by atoms with Crippen LogP contribution in [0.1, 0.15) is 5.56 Å². The Morgan fingerprint density at radius 1 is 0.895 bits per heavy atom. The number of para-hydroxylation sites is 1. The smallest absolute Gasteiger partial charge is 0.101 e. The molecule has 0 saturated carbocycles. The molecule has 0 unspecified atom stereocenters. The van der Waals surface area contributed by atoms with Gasteiger partial charge in [0.1, 0.15) is 6.07 Å². The number of benzene rings is 2. The standard InChI is InChI=1S/C16H11N3/c17-11-12-5-1-2-7-14(12)19-16-9-3-8-15-13(16)6-4-10-18-15/h1-10,19H. The average Bonchev–Trinajstić information content (AvgIpc) is 2.48. The van der Waals surface area contributed by atoms with Crippen molar-refractivity contribution < 1.29 is 0 Å². The molecule has 3 nitrogen and oxygen atoms in total. The van der Waals surface area contributed by atoms with Crippen LogP contribution in [0.25, 0.3) is 10.9 Å². The Morgan fingerprint density at radius 3 is 2.63 bits per heavy atom. The summed E-state index contributed by atoms with van der Waals surface area (Å²) in [5, 5.41) is 13.5. The van der Waals surface area contributed by atoms with Crippen LogP contribution in [0.15, 0.2) is 60.8 Å². The molecule has 19 heavy (non-hydrogen) atoms. The highest BCUT2D eigenvalue weighted by Gasteiger charge is 2.04. The number of nitrogens with one attached hydrogen (secondary N) is 1. The van der Waals surface area contributed by atoms with E-state index in [0.29, 0.717) is 5.56 Å². The van der Waals surface area contributed by atoms with Crippen molar-refractivity contribution in [3.63, 3.8) is 0 Å². The highest BCUT2D eigenvalue weighted by atomic mass is 14.9. The molecule has 0 radical (unpaired) electrons.